The Morgan fingerprint density at radius 2 is 1.10 bits per heavy atom. The van der Waals surface area contributed by atoms with Crippen molar-refractivity contribution in [1.82, 2.24) is 5.32 Å². The van der Waals surface area contributed by atoms with Gasteiger partial charge >= 0.3 is 0 Å². The molecule has 0 aromatic carbocycles. The van der Waals surface area contributed by atoms with Crippen molar-refractivity contribution < 1.29 is 29.9 Å². The average Bonchev–Trinajstić information content (AvgIpc) is 2.69. The molecule has 0 aliphatic rings. The predicted molar refractivity (Wildman–Crippen MR) is 122 cm³/mol. The molecule has 1 N–H and O–H groups in total. The molecule has 1 amide bonds. The van der Waals surface area contributed by atoms with Gasteiger partial charge in [0.05, 0.1) is 58.5 Å². The van der Waals surface area contributed by atoms with E-state index in [1.165, 1.54) is 19.3 Å². The van der Waals surface area contributed by atoms with Crippen LogP contribution in [-0.4, -0.2) is 77.5 Å². The van der Waals surface area contributed by atoms with Gasteiger partial charge in [-0.25, -0.2) is 0 Å². The largest absolute Gasteiger partial charge is 0.379 e. The van der Waals surface area contributed by atoms with Gasteiger partial charge in [0.25, 0.3) is 0 Å². The highest BCUT2D eigenvalue weighted by atomic mass is 16.6. The molecule has 30 heavy (non-hydrogen) atoms. The summed E-state index contributed by atoms with van der Waals surface area (Å²) < 4.78 is 27.2. The van der Waals surface area contributed by atoms with Crippen LogP contribution in [0.4, 0.5) is 0 Å². The molecule has 0 aliphatic carbocycles. The van der Waals surface area contributed by atoms with Crippen LogP contribution >= 0.6 is 0 Å². The summed E-state index contributed by atoms with van der Waals surface area (Å²) in [6.45, 7) is 13.4. The molecule has 0 fully saturated rings. The molecule has 0 radical (unpaired) electrons. The Balaban J connectivity index is 0. The lowest BCUT2D eigenvalue weighted by molar-refractivity contribution is -0.121. The normalized spacial score (nSPS) is 11.5. The maximum Gasteiger partial charge on any atom is 0.220 e. The smallest absolute Gasteiger partial charge is 0.220 e. The molecule has 0 rings (SSSR count). The molecule has 7 heteroatoms. The van der Waals surface area contributed by atoms with Gasteiger partial charge in [0.2, 0.25) is 5.91 Å². The Kier molecular flexibility index (Phi) is 22.4. The first-order chi connectivity index (χ1) is 14.5. The lowest BCUT2D eigenvalue weighted by Crippen LogP contribution is -2.27. The van der Waals surface area contributed by atoms with Gasteiger partial charge in [-0.3, -0.25) is 4.79 Å². The Morgan fingerprint density at radius 3 is 1.70 bits per heavy atom. The topological polar surface area (TPSA) is 75.3 Å². The van der Waals surface area contributed by atoms with E-state index in [2.05, 4.69) is 19.2 Å². The van der Waals surface area contributed by atoms with E-state index < -0.39 is 0 Å². The molecular weight excluding hydrogens is 386 g/mol. The van der Waals surface area contributed by atoms with Gasteiger partial charge in [0.15, 0.2) is 0 Å². The Labute approximate surface area is 186 Å². The van der Waals surface area contributed by atoms with Crippen LogP contribution in [0.25, 0.3) is 0 Å². The van der Waals surface area contributed by atoms with Crippen molar-refractivity contribution in [3.8, 4) is 0 Å². The van der Waals surface area contributed by atoms with Gasteiger partial charge in [-0.1, -0.05) is 25.7 Å². The zero-order valence-electron chi connectivity index (χ0n) is 19.9. The maximum absolute atomic E-state index is 11.8. The summed E-state index contributed by atoms with van der Waals surface area (Å²) in [6, 6.07) is 0. The molecule has 0 aliphatic heterocycles. The Bertz CT molecular complexity index is 372. The number of hydrogen-bond donors (Lipinski definition) is 1. The Hall–Kier alpha value is -0.730. The number of hydrogen-bond acceptors (Lipinski definition) is 6. The van der Waals surface area contributed by atoms with E-state index >= 15 is 0 Å². The number of ether oxygens (including phenoxy) is 5. The van der Waals surface area contributed by atoms with Crippen LogP contribution in [0.5, 0.6) is 0 Å². The number of nitrogens with one attached hydrogen (secondary N) is 1. The first-order valence-electron chi connectivity index (χ1n) is 11.8. The minimum atomic E-state index is 0. The van der Waals surface area contributed by atoms with Crippen molar-refractivity contribution in [1.29, 1.82) is 0 Å². The highest BCUT2D eigenvalue weighted by Crippen LogP contribution is 2.07. The monoisotopic (exact) mass is 435 g/mol. The molecule has 0 bridgehead atoms. The molecule has 182 valence electrons. The second kappa shape index (κ2) is 22.9. The summed E-state index contributed by atoms with van der Waals surface area (Å²) in [5.41, 5.74) is 0. The van der Waals surface area contributed by atoms with Crippen LogP contribution in [0.1, 0.15) is 74.1 Å². The van der Waals surface area contributed by atoms with Crippen LogP contribution < -0.4 is 5.32 Å². The molecule has 0 unspecified atom stereocenters. The van der Waals surface area contributed by atoms with Crippen molar-refractivity contribution in [3.63, 3.8) is 0 Å². The van der Waals surface area contributed by atoms with Gasteiger partial charge in [-0.15, -0.1) is 0 Å². The highest BCUT2D eigenvalue weighted by molar-refractivity contribution is 5.75. The molecule has 0 aromatic heterocycles. The maximum atomic E-state index is 11.8. The quantitative estimate of drug-likeness (QED) is 0.245. The van der Waals surface area contributed by atoms with Crippen LogP contribution in [0.15, 0.2) is 0 Å². The summed E-state index contributed by atoms with van der Waals surface area (Å²) in [7, 11) is 0. The van der Waals surface area contributed by atoms with E-state index in [1.54, 1.807) is 0 Å². The molecule has 0 atom stereocenters. The zero-order chi connectivity index (χ0) is 22.3. The van der Waals surface area contributed by atoms with Gasteiger partial charge in [0, 0.05) is 21.0 Å². The van der Waals surface area contributed by atoms with Crippen LogP contribution in [-0.2, 0) is 28.5 Å². The van der Waals surface area contributed by atoms with E-state index in [9.17, 15) is 4.79 Å². The van der Waals surface area contributed by atoms with Crippen LogP contribution in [0, 0.1) is 0 Å². The summed E-state index contributed by atoms with van der Waals surface area (Å²) >= 11 is 0. The van der Waals surface area contributed by atoms with Gasteiger partial charge in [-0.2, -0.15) is 0 Å². The van der Waals surface area contributed by atoms with Crippen LogP contribution in [0.2, 0.25) is 0 Å². The Morgan fingerprint density at radius 1 is 0.633 bits per heavy atom. The fourth-order valence-corrected chi connectivity index (χ4v) is 2.65. The van der Waals surface area contributed by atoms with E-state index in [-0.39, 0.29) is 13.4 Å². The number of rotatable bonds is 23. The molecule has 0 heterocycles. The van der Waals surface area contributed by atoms with Crippen molar-refractivity contribution in [2.45, 2.75) is 84.8 Å². The molecule has 0 saturated heterocycles. The van der Waals surface area contributed by atoms with Gasteiger partial charge < -0.3 is 29.0 Å². The lowest BCUT2D eigenvalue weighted by atomic mass is 10.1. The highest BCUT2D eigenvalue weighted by Gasteiger charge is 2.01. The van der Waals surface area contributed by atoms with Crippen molar-refractivity contribution in [2.75, 3.05) is 59.4 Å². The van der Waals surface area contributed by atoms with E-state index in [1.807, 2.05) is 13.8 Å². The molecule has 0 aromatic rings. The predicted octanol–water partition coefficient (Wildman–Crippen LogP) is 3.98. The SMILES string of the molecule is CC(C)OCCCCCCCCC(=O)NCCOCCOCCOCCOC(C)C.[HH]. The second-order valence-electron chi connectivity index (χ2n) is 7.90. The number of unbranched alkanes of at least 4 members (excludes halogenated alkanes) is 5. The number of carbonyl (C=O) groups excluding carboxylic acids is 1. The third-order valence-corrected chi connectivity index (χ3v) is 4.24. The summed E-state index contributed by atoms with van der Waals surface area (Å²) in [5, 5.41) is 2.90. The van der Waals surface area contributed by atoms with E-state index in [0.717, 1.165) is 25.9 Å². The first kappa shape index (κ1) is 29.3. The fourth-order valence-electron chi connectivity index (χ4n) is 2.65. The first-order valence-corrected chi connectivity index (χ1v) is 11.8. The molecule has 0 saturated carbocycles. The van der Waals surface area contributed by atoms with Crippen molar-refractivity contribution in [3.05, 3.63) is 0 Å². The fraction of sp³-hybridized carbons (Fsp3) is 0.957. The standard InChI is InChI=1S/C23H47NO6.H2/c1-21(2)29-13-10-8-6-5-7-9-11-23(25)24-12-14-26-15-16-27-17-18-28-19-20-30-22(3)4;/h21-22H,5-20H2,1-4H3,(H,24,25);1H. The van der Waals surface area contributed by atoms with Crippen LogP contribution in [0.3, 0.4) is 0 Å². The number of amides is 1. The van der Waals surface area contributed by atoms with E-state index in [4.69, 9.17) is 23.7 Å². The molecular formula is C23H49NO6. The second-order valence-corrected chi connectivity index (χ2v) is 7.90. The average molecular weight is 436 g/mol. The van der Waals surface area contributed by atoms with Gasteiger partial charge in [0.1, 0.15) is 0 Å². The third kappa shape index (κ3) is 25.3. The number of carbonyl (C=O) groups is 1. The molecule has 7 nitrogen and oxygen atoms in total. The minimum absolute atomic E-state index is 0. The summed E-state index contributed by atoms with van der Waals surface area (Å²) in [6.07, 6.45) is 7.98. The van der Waals surface area contributed by atoms with Gasteiger partial charge in [-0.05, 0) is 40.5 Å². The van der Waals surface area contributed by atoms with Crippen molar-refractivity contribution in [2.24, 2.45) is 0 Å². The molecule has 0 spiro atoms. The van der Waals surface area contributed by atoms with E-state index in [0.29, 0.717) is 65.3 Å². The zero-order valence-corrected chi connectivity index (χ0v) is 19.9. The van der Waals surface area contributed by atoms with Crippen molar-refractivity contribution >= 4 is 5.91 Å². The summed E-state index contributed by atoms with van der Waals surface area (Å²) in [5.74, 6) is 0.110. The summed E-state index contributed by atoms with van der Waals surface area (Å²) in [4.78, 5) is 11.8. The lowest BCUT2D eigenvalue weighted by Gasteiger charge is -2.09. The third-order valence-electron chi connectivity index (χ3n) is 4.24. The minimum Gasteiger partial charge on any atom is -0.379 e.